The van der Waals surface area contributed by atoms with E-state index in [0.29, 0.717) is 18.8 Å². The van der Waals surface area contributed by atoms with Gasteiger partial charge in [0, 0.05) is 25.0 Å². The van der Waals surface area contributed by atoms with Crippen LogP contribution in [-0.4, -0.2) is 64.0 Å². The van der Waals surface area contributed by atoms with Crippen molar-refractivity contribution in [3.05, 3.63) is 0 Å². The first-order valence-electron chi connectivity index (χ1n) is 9.58. The zero-order valence-corrected chi connectivity index (χ0v) is 16.5. The number of nitrogens with one attached hydrogen (secondary N) is 1. The first kappa shape index (κ1) is 19.7. The average Bonchev–Trinajstić information content (AvgIpc) is 3.05. The lowest BCUT2D eigenvalue weighted by atomic mass is 9.74. The van der Waals surface area contributed by atoms with Crippen molar-refractivity contribution in [2.24, 2.45) is 17.6 Å². The summed E-state index contributed by atoms with van der Waals surface area (Å²) in [7, 11) is 0. The van der Waals surface area contributed by atoms with Crippen LogP contribution < -0.4 is 11.1 Å². The molecule has 144 valence electrons. The van der Waals surface area contributed by atoms with Crippen LogP contribution in [0.3, 0.4) is 0 Å². The third-order valence-electron chi connectivity index (χ3n) is 6.56. The van der Waals surface area contributed by atoms with Crippen LogP contribution in [0.5, 0.6) is 0 Å². The summed E-state index contributed by atoms with van der Waals surface area (Å²) >= 11 is 12.5. The fourth-order valence-electron chi connectivity index (χ4n) is 4.79. The maximum absolute atomic E-state index is 12.8. The highest BCUT2D eigenvalue weighted by atomic mass is 35.5. The van der Waals surface area contributed by atoms with Crippen LogP contribution >= 0.6 is 23.2 Å². The van der Waals surface area contributed by atoms with Crippen molar-refractivity contribution in [3.63, 3.8) is 0 Å². The molecule has 4 N–H and O–H groups in total. The summed E-state index contributed by atoms with van der Waals surface area (Å²) < 4.78 is 0. The predicted molar refractivity (Wildman–Crippen MR) is 101 cm³/mol. The molecule has 2 saturated heterocycles. The molecule has 3 fully saturated rings. The van der Waals surface area contributed by atoms with Gasteiger partial charge in [0.05, 0.1) is 22.4 Å². The minimum absolute atomic E-state index is 0.00114. The number of nitrogens with zero attached hydrogens (tertiary/aromatic N) is 1. The van der Waals surface area contributed by atoms with Crippen molar-refractivity contribution in [2.45, 2.75) is 73.9 Å². The number of aliphatic hydroxyl groups excluding tert-OH is 1. The number of piperidine rings is 1. The smallest absolute Gasteiger partial charge is 0.242 e. The Balaban J connectivity index is 1.54. The van der Waals surface area contributed by atoms with Crippen LogP contribution in [0.4, 0.5) is 0 Å². The average molecular weight is 392 g/mol. The van der Waals surface area contributed by atoms with E-state index < -0.39 is 11.6 Å². The topological polar surface area (TPSA) is 78.6 Å². The maximum atomic E-state index is 12.8. The van der Waals surface area contributed by atoms with Crippen molar-refractivity contribution in [1.82, 2.24) is 10.2 Å². The number of carbonyl (C=O) groups is 1. The molecule has 1 aliphatic carbocycles. The SMILES string of the molecule is C[C@@]1(C(=O)N2CCC([C@@H](N)C3CC(Cl)C(Cl)CC3O)CC2)CCCN1. The molecule has 0 aromatic rings. The lowest BCUT2D eigenvalue weighted by Gasteiger charge is -2.43. The minimum Gasteiger partial charge on any atom is -0.393 e. The summed E-state index contributed by atoms with van der Waals surface area (Å²) in [6.07, 6.45) is 4.45. The number of alkyl halides is 2. The van der Waals surface area contributed by atoms with Gasteiger partial charge in [-0.15, -0.1) is 23.2 Å². The second kappa shape index (κ2) is 7.89. The molecule has 0 radical (unpaired) electrons. The molecule has 3 aliphatic rings. The summed E-state index contributed by atoms with van der Waals surface area (Å²) in [4.78, 5) is 14.8. The zero-order chi connectivity index (χ0) is 18.2. The van der Waals surface area contributed by atoms with Crippen molar-refractivity contribution in [2.75, 3.05) is 19.6 Å². The number of rotatable bonds is 3. The Morgan fingerprint density at radius 2 is 1.92 bits per heavy atom. The lowest BCUT2D eigenvalue weighted by Crippen LogP contribution is -2.56. The Kier molecular flexibility index (Phi) is 6.21. The molecule has 1 amide bonds. The van der Waals surface area contributed by atoms with E-state index in [9.17, 15) is 9.90 Å². The summed E-state index contributed by atoms with van der Waals surface area (Å²) in [6, 6.07) is -0.0853. The highest BCUT2D eigenvalue weighted by molar-refractivity contribution is 6.30. The summed E-state index contributed by atoms with van der Waals surface area (Å²) in [5.41, 5.74) is 6.12. The van der Waals surface area contributed by atoms with Crippen molar-refractivity contribution >= 4 is 29.1 Å². The van der Waals surface area contributed by atoms with Gasteiger partial charge in [-0.3, -0.25) is 4.79 Å². The summed E-state index contributed by atoms with van der Waals surface area (Å²) in [5.74, 6) is 0.545. The van der Waals surface area contributed by atoms with Crippen LogP contribution in [0.1, 0.15) is 45.4 Å². The molecular formula is C18H31Cl2N3O2. The maximum Gasteiger partial charge on any atom is 0.242 e. The molecule has 2 heterocycles. The number of nitrogens with two attached hydrogens (primary N) is 1. The molecule has 3 rings (SSSR count). The molecule has 0 spiro atoms. The van der Waals surface area contributed by atoms with Crippen molar-refractivity contribution in [1.29, 1.82) is 0 Å². The van der Waals surface area contributed by atoms with Crippen LogP contribution in [0.15, 0.2) is 0 Å². The van der Waals surface area contributed by atoms with Crippen molar-refractivity contribution < 1.29 is 9.90 Å². The Labute approximate surface area is 160 Å². The number of likely N-dealkylation sites (tertiary alicyclic amines) is 1. The molecule has 25 heavy (non-hydrogen) atoms. The van der Waals surface area contributed by atoms with E-state index >= 15 is 0 Å². The third kappa shape index (κ3) is 4.11. The molecular weight excluding hydrogens is 361 g/mol. The monoisotopic (exact) mass is 391 g/mol. The van der Waals surface area contributed by atoms with Crippen LogP contribution in [0.2, 0.25) is 0 Å². The molecule has 0 aromatic carbocycles. The van der Waals surface area contributed by atoms with Gasteiger partial charge < -0.3 is 21.1 Å². The molecule has 4 unspecified atom stereocenters. The molecule has 6 atom stereocenters. The van der Waals surface area contributed by atoms with E-state index in [1.54, 1.807) is 0 Å². The third-order valence-corrected chi connectivity index (χ3v) is 7.65. The normalized spacial score (nSPS) is 41.7. The summed E-state index contributed by atoms with van der Waals surface area (Å²) in [5, 5.41) is 13.4. The standard InChI is InChI=1S/C18H31Cl2N3O2/c1-18(5-2-6-22-18)17(25)23-7-3-11(4-8-23)16(21)12-9-13(19)14(20)10-15(12)24/h11-16,22,24H,2-10,21H2,1H3/t12?,13?,14?,15?,16-,18+/m1/s1. The fraction of sp³-hybridized carbons (Fsp3) is 0.944. The van der Waals surface area contributed by atoms with Gasteiger partial charge in [0.15, 0.2) is 0 Å². The second-order valence-electron chi connectivity index (χ2n) is 8.30. The Morgan fingerprint density at radius 3 is 2.52 bits per heavy atom. The van der Waals surface area contributed by atoms with Crippen LogP contribution in [0, 0.1) is 11.8 Å². The molecule has 0 aromatic heterocycles. The number of hydrogen-bond donors (Lipinski definition) is 3. The van der Waals surface area contributed by atoms with Crippen LogP contribution in [-0.2, 0) is 4.79 Å². The van der Waals surface area contributed by atoms with E-state index in [1.165, 1.54) is 0 Å². The number of aliphatic hydroxyl groups is 1. The van der Waals surface area contributed by atoms with Gasteiger partial charge in [-0.05, 0) is 57.9 Å². The first-order valence-corrected chi connectivity index (χ1v) is 10.5. The molecule has 1 saturated carbocycles. The number of halogens is 2. The fourth-order valence-corrected chi connectivity index (χ4v) is 5.39. The Morgan fingerprint density at radius 1 is 1.28 bits per heavy atom. The van der Waals surface area contributed by atoms with E-state index in [-0.39, 0.29) is 28.6 Å². The molecule has 5 nitrogen and oxygen atoms in total. The van der Waals surface area contributed by atoms with Crippen LogP contribution in [0.25, 0.3) is 0 Å². The van der Waals surface area contributed by atoms with E-state index in [4.69, 9.17) is 28.9 Å². The summed E-state index contributed by atoms with van der Waals surface area (Å²) in [6.45, 7) is 4.44. The molecule has 7 heteroatoms. The lowest BCUT2D eigenvalue weighted by molar-refractivity contribution is -0.138. The van der Waals surface area contributed by atoms with Gasteiger partial charge in [0.25, 0.3) is 0 Å². The zero-order valence-electron chi connectivity index (χ0n) is 15.0. The predicted octanol–water partition coefficient (Wildman–Crippen LogP) is 1.68. The molecule has 0 bridgehead atoms. The largest absolute Gasteiger partial charge is 0.393 e. The number of amides is 1. The van der Waals surface area contributed by atoms with Crippen molar-refractivity contribution in [3.8, 4) is 0 Å². The van der Waals surface area contributed by atoms with Gasteiger partial charge in [-0.2, -0.15) is 0 Å². The minimum atomic E-state index is -0.478. The number of carbonyl (C=O) groups excluding carboxylic acids is 1. The Bertz CT molecular complexity index is 479. The van der Waals surface area contributed by atoms with Gasteiger partial charge in [0.1, 0.15) is 0 Å². The quantitative estimate of drug-likeness (QED) is 0.639. The first-order chi connectivity index (χ1) is 11.8. The highest BCUT2D eigenvalue weighted by Gasteiger charge is 2.43. The van der Waals surface area contributed by atoms with E-state index in [2.05, 4.69) is 5.32 Å². The Hall–Kier alpha value is -0.0700. The van der Waals surface area contributed by atoms with Gasteiger partial charge in [0.2, 0.25) is 5.91 Å². The van der Waals surface area contributed by atoms with Gasteiger partial charge in [-0.25, -0.2) is 0 Å². The van der Waals surface area contributed by atoms with Gasteiger partial charge >= 0.3 is 0 Å². The second-order valence-corrected chi connectivity index (χ2v) is 9.43. The number of hydrogen-bond acceptors (Lipinski definition) is 4. The van der Waals surface area contributed by atoms with E-state index in [1.807, 2.05) is 11.8 Å². The van der Waals surface area contributed by atoms with Gasteiger partial charge in [-0.1, -0.05) is 0 Å². The molecule has 2 aliphatic heterocycles. The highest BCUT2D eigenvalue weighted by Crippen LogP contribution is 2.37. The van der Waals surface area contributed by atoms with E-state index in [0.717, 1.165) is 45.3 Å².